The number of nitrogens with zero attached hydrogens (tertiary/aromatic N) is 1. The van der Waals surface area contributed by atoms with Crippen molar-refractivity contribution in [1.29, 1.82) is 0 Å². The zero-order chi connectivity index (χ0) is 14.5. The molecule has 20 heavy (non-hydrogen) atoms. The van der Waals surface area contributed by atoms with Crippen LogP contribution >= 0.6 is 0 Å². The third kappa shape index (κ3) is 3.81. The SMILES string of the molecule is CCN1CCCC(NC(=O)C(N)c2ccc(C)cc2)C1. The first-order valence-electron chi connectivity index (χ1n) is 7.45. The number of aryl methyl sites for hydroxylation is 1. The fraction of sp³-hybridized carbons (Fsp3) is 0.562. The number of rotatable bonds is 4. The summed E-state index contributed by atoms with van der Waals surface area (Å²) >= 11 is 0. The van der Waals surface area contributed by atoms with E-state index in [4.69, 9.17) is 5.73 Å². The Balaban J connectivity index is 1.92. The van der Waals surface area contributed by atoms with E-state index in [1.807, 2.05) is 31.2 Å². The Morgan fingerprint density at radius 1 is 1.45 bits per heavy atom. The summed E-state index contributed by atoms with van der Waals surface area (Å²) in [5, 5.41) is 3.09. The Hall–Kier alpha value is -1.39. The highest BCUT2D eigenvalue weighted by Gasteiger charge is 2.23. The summed E-state index contributed by atoms with van der Waals surface area (Å²) in [6, 6.07) is 7.49. The second-order valence-corrected chi connectivity index (χ2v) is 5.63. The van der Waals surface area contributed by atoms with Crippen molar-refractivity contribution in [3.05, 3.63) is 35.4 Å². The second kappa shape index (κ2) is 6.86. The molecule has 2 atom stereocenters. The highest BCUT2D eigenvalue weighted by Crippen LogP contribution is 2.14. The van der Waals surface area contributed by atoms with Crippen LogP contribution in [0.2, 0.25) is 0 Å². The largest absolute Gasteiger partial charge is 0.350 e. The zero-order valence-corrected chi connectivity index (χ0v) is 12.4. The maximum absolute atomic E-state index is 12.2. The molecule has 3 N–H and O–H groups in total. The summed E-state index contributed by atoms with van der Waals surface area (Å²) in [6.07, 6.45) is 2.18. The molecule has 1 fully saturated rings. The van der Waals surface area contributed by atoms with Crippen LogP contribution in [-0.2, 0) is 4.79 Å². The van der Waals surface area contributed by atoms with Gasteiger partial charge in [0.1, 0.15) is 6.04 Å². The maximum atomic E-state index is 12.2. The zero-order valence-electron chi connectivity index (χ0n) is 12.4. The molecule has 1 aromatic carbocycles. The van der Waals surface area contributed by atoms with Crippen LogP contribution in [0.5, 0.6) is 0 Å². The Labute approximate surface area is 121 Å². The number of likely N-dealkylation sites (tertiary alicyclic amines) is 1. The number of hydrogen-bond donors (Lipinski definition) is 2. The van der Waals surface area contributed by atoms with Gasteiger partial charge in [-0.25, -0.2) is 0 Å². The van der Waals surface area contributed by atoms with Crippen molar-refractivity contribution in [2.45, 2.75) is 38.8 Å². The van der Waals surface area contributed by atoms with Crippen LogP contribution in [0.1, 0.15) is 36.9 Å². The van der Waals surface area contributed by atoms with Crippen molar-refractivity contribution < 1.29 is 4.79 Å². The predicted octanol–water partition coefficient (Wildman–Crippen LogP) is 1.60. The molecule has 2 rings (SSSR count). The van der Waals surface area contributed by atoms with Gasteiger partial charge in [0, 0.05) is 12.6 Å². The van der Waals surface area contributed by atoms with E-state index >= 15 is 0 Å². The third-order valence-electron chi connectivity index (χ3n) is 4.02. The molecular weight excluding hydrogens is 250 g/mol. The van der Waals surface area contributed by atoms with Crippen molar-refractivity contribution in [2.75, 3.05) is 19.6 Å². The van der Waals surface area contributed by atoms with Crippen molar-refractivity contribution in [1.82, 2.24) is 10.2 Å². The molecule has 1 aliphatic rings. The molecule has 110 valence electrons. The summed E-state index contributed by atoms with van der Waals surface area (Å²) in [4.78, 5) is 14.6. The van der Waals surface area contributed by atoms with Gasteiger partial charge >= 0.3 is 0 Å². The molecule has 0 radical (unpaired) electrons. The molecular formula is C16H25N3O. The molecule has 0 spiro atoms. The van der Waals surface area contributed by atoms with Gasteiger partial charge < -0.3 is 16.0 Å². The lowest BCUT2D eigenvalue weighted by molar-refractivity contribution is -0.123. The van der Waals surface area contributed by atoms with Crippen molar-refractivity contribution in [3.63, 3.8) is 0 Å². The number of nitrogens with one attached hydrogen (secondary N) is 1. The van der Waals surface area contributed by atoms with E-state index in [0.717, 1.165) is 38.0 Å². The van der Waals surface area contributed by atoms with Gasteiger partial charge in [0.2, 0.25) is 5.91 Å². The minimum Gasteiger partial charge on any atom is -0.350 e. The fourth-order valence-corrected chi connectivity index (χ4v) is 2.68. The Bertz CT molecular complexity index is 444. The average molecular weight is 275 g/mol. The van der Waals surface area contributed by atoms with E-state index in [1.54, 1.807) is 0 Å². The highest BCUT2D eigenvalue weighted by molar-refractivity contribution is 5.83. The molecule has 0 aliphatic carbocycles. The quantitative estimate of drug-likeness (QED) is 0.877. The maximum Gasteiger partial charge on any atom is 0.241 e. The standard InChI is InChI=1S/C16H25N3O/c1-3-19-10-4-5-14(11-19)18-16(20)15(17)13-8-6-12(2)7-9-13/h6-9,14-15H,3-5,10-11,17H2,1-2H3,(H,18,20). The second-order valence-electron chi connectivity index (χ2n) is 5.63. The van der Waals surface area contributed by atoms with Gasteiger partial charge in [-0.05, 0) is 38.4 Å². The topological polar surface area (TPSA) is 58.4 Å². The van der Waals surface area contributed by atoms with Gasteiger partial charge in [-0.2, -0.15) is 0 Å². The van der Waals surface area contributed by atoms with Gasteiger partial charge in [0.05, 0.1) is 0 Å². The van der Waals surface area contributed by atoms with E-state index in [1.165, 1.54) is 5.56 Å². The summed E-state index contributed by atoms with van der Waals surface area (Å²) in [7, 11) is 0. The molecule has 0 saturated carbocycles. The lowest BCUT2D eigenvalue weighted by Gasteiger charge is -2.32. The van der Waals surface area contributed by atoms with E-state index in [-0.39, 0.29) is 11.9 Å². The molecule has 1 aliphatic heterocycles. The Kier molecular flexibility index (Phi) is 5.15. The number of likely N-dealkylation sites (N-methyl/N-ethyl adjacent to an activating group) is 1. The molecule has 0 aromatic heterocycles. The molecule has 4 heteroatoms. The smallest absolute Gasteiger partial charge is 0.241 e. The summed E-state index contributed by atoms with van der Waals surface area (Å²) in [5.41, 5.74) is 8.09. The van der Waals surface area contributed by atoms with Crippen molar-refractivity contribution in [2.24, 2.45) is 5.73 Å². The molecule has 4 nitrogen and oxygen atoms in total. The van der Waals surface area contributed by atoms with Crippen LogP contribution in [-0.4, -0.2) is 36.5 Å². The number of piperidine rings is 1. The van der Waals surface area contributed by atoms with Gasteiger partial charge in [-0.1, -0.05) is 36.8 Å². The van der Waals surface area contributed by atoms with E-state index in [9.17, 15) is 4.79 Å². The average Bonchev–Trinajstić information content (AvgIpc) is 2.47. The Morgan fingerprint density at radius 2 is 2.15 bits per heavy atom. The van der Waals surface area contributed by atoms with Gasteiger partial charge in [0.15, 0.2) is 0 Å². The first-order chi connectivity index (χ1) is 9.60. The van der Waals surface area contributed by atoms with Crippen molar-refractivity contribution in [3.8, 4) is 0 Å². The Morgan fingerprint density at radius 3 is 2.80 bits per heavy atom. The highest BCUT2D eigenvalue weighted by atomic mass is 16.2. The summed E-state index contributed by atoms with van der Waals surface area (Å²) < 4.78 is 0. The van der Waals surface area contributed by atoms with E-state index < -0.39 is 6.04 Å². The van der Waals surface area contributed by atoms with Gasteiger partial charge in [-0.15, -0.1) is 0 Å². The van der Waals surface area contributed by atoms with Crippen molar-refractivity contribution >= 4 is 5.91 Å². The fourth-order valence-electron chi connectivity index (χ4n) is 2.68. The summed E-state index contributed by atoms with van der Waals surface area (Å²) in [5.74, 6) is -0.0724. The van der Waals surface area contributed by atoms with Crippen LogP contribution < -0.4 is 11.1 Å². The van der Waals surface area contributed by atoms with E-state index in [0.29, 0.717) is 0 Å². The van der Waals surface area contributed by atoms with E-state index in [2.05, 4.69) is 17.1 Å². The minimum atomic E-state index is -0.576. The molecule has 0 bridgehead atoms. The third-order valence-corrected chi connectivity index (χ3v) is 4.02. The van der Waals surface area contributed by atoms with Crippen LogP contribution in [0, 0.1) is 6.92 Å². The number of nitrogens with two attached hydrogens (primary N) is 1. The first kappa shape index (κ1) is 15.0. The summed E-state index contributed by atoms with van der Waals surface area (Å²) in [6.45, 7) is 7.28. The van der Waals surface area contributed by atoms with Crippen LogP contribution in [0.25, 0.3) is 0 Å². The lowest BCUT2D eigenvalue weighted by Crippen LogP contribution is -2.49. The van der Waals surface area contributed by atoms with Gasteiger partial charge in [-0.3, -0.25) is 4.79 Å². The number of carbonyl (C=O) groups is 1. The molecule has 1 amide bonds. The molecule has 1 heterocycles. The van der Waals surface area contributed by atoms with Crippen LogP contribution in [0.4, 0.5) is 0 Å². The number of carbonyl (C=O) groups excluding carboxylic acids is 1. The minimum absolute atomic E-state index is 0.0724. The first-order valence-corrected chi connectivity index (χ1v) is 7.45. The number of benzene rings is 1. The normalized spacial score (nSPS) is 21.4. The molecule has 1 saturated heterocycles. The molecule has 1 aromatic rings. The molecule has 2 unspecified atom stereocenters. The van der Waals surface area contributed by atoms with Crippen LogP contribution in [0.15, 0.2) is 24.3 Å². The van der Waals surface area contributed by atoms with Crippen LogP contribution in [0.3, 0.4) is 0 Å². The monoisotopic (exact) mass is 275 g/mol. The number of amides is 1. The lowest BCUT2D eigenvalue weighted by atomic mass is 10.0. The van der Waals surface area contributed by atoms with Gasteiger partial charge in [0.25, 0.3) is 0 Å². The number of hydrogen-bond acceptors (Lipinski definition) is 3. The predicted molar refractivity (Wildman–Crippen MR) is 81.4 cm³/mol.